The van der Waals surface area contributed by atoms with Gasteiger partial charge in [-0.15, -0.1) is 0 Å². The molecule has 0 bridgehead atoms. The van der Waals surface area contributed by atoms with Crippen molar-refractivity contribution in [1.29, 1.82) is 0 Å². The average Bonchev–Trinajstić information content (AvgIpc) is 2.53. The second kappa shape index (κ2) is 7.70. The van der Waals surface area contributed by atoms with Crippen molar-refractivity contribution < 1.29 is 24.2 Å². The largest absolute Gasteiger partial charge is 0.481 e. The maximum Gasteiger partial charge on any atom is 0.349 e. The minimum absolute atomic E-state index is 0.0160. The number of ether oxygens (including phenoxy) is 2. The number of hydrogen-bond acceptors (Lipinski definition) is 4. The first-order chi connectivity index (χ1) is 11.7. The second-order valence-corrected chi connectivity index (χ2v) is 7.34. The number of carboxylic acid groups (broad SMARTS) is 1. The molecule has 0 aliphatic rings. The van der Waals surface area contributed by atoms with E-state index in [1.54, 1.807) is 6.07 Å². The number of halogens is 1. The molecular formula is C19H19BrO5. The molecule has 2 rings (SSSR count). The molecule has 0 fully saturated rings. The van der Waals surface area contributed by atoms with Crippen LogP contribution in [-0.4, -0.2) is 23.7 Å². The molecule has 0 aromatic heterocycles. The summed E-state index contributed by atoms with van der Waals surface area (Å²) in [6.07, 6.45) is 0. The quantitative estimate of drug-likeness (QED) is 0.587. The molecule has 0 saturated heterocycles. The van der Waals surface area contributed by atoms with Crippen molar-refractivity contribution in [1.82, 2.24) is 0 Å². The van der Waals surface area contributed by atoms with Gasteiger partial charge >= 0.3 is 11.9 Å². The second-order valence-electron chi connectivity index (χ2n) is 6.49. The molecule has 0 atom stereocenters. The Morgan fingerprint density at radius 1 is 1.08 bits per heavy atom. The predicted molar refractivity (Wildman–Crippen MR) is 97.4 cm³/mol. The monoisotopic (exact) mass is 406 g/mol. The van der Waals surface area contributed by atoms with Crippen LogP contribution in [-0.2, 0) is 10.2 Å². The average molecular weight is 407 g/mol. The molecule has 25 heavy (non-hydrogen) atoms. The maximum atomic E-state index is 11.9. The third-order valence-electron chi connectivity index (χ3n) is 3.48. The van der Waals surface area contributed by atoms with Crippen LogP contribution in [0.3, 0.4) is 0 Å². The smallest absolute Gasteiger partial charge is 0.349 e. The highest BCUT2D eigenvalue weighted by atomic mass is 79.9. The Labute approximate surface area is 154 Å². The Morgan fingerprint density at radius 2 is 1.72 bits per heavy atom. The van der Waals surface area contributed by atoms with Gasteiger partial charge in [-0.3, -0.25) is 0 Å². The standard InChI is InChI=1S/C19H19BrO5/c1-19(2,3)13-6-9-16(15(20)10-13)24-11-17(21)25-14-7-4-12(5-8-14)18(22)23/h4-10H,11H2,1-3H3,(H,22,23). The van der Waals surface area contributed by atoms with Crippen LogP contribution in [0, 0.1) is 0 Å². The lowest BCUT2D eigenvalue weighted by molar-refractivity contribution is -0.136. The van der Waals surface area contributed by atoms with Crippen molar-refractivity contribution in [3.05, 3.63) is 58.1 Å². The number of rotatable bonds is 5. The first-order valence-electron chi connectivity index (χ1n) is 7.63. The lowest BCUT2D eigenvalue weighted by Crippen LogP contribution is -2.18. The lowest BCUT2D eigenvalue weighted by Gasteiger charge is -2.20. The molecule has 1 N–H and O–H groups in total. The van der Waals surface area contributed by atoms with E-state index in [4.69, 9.17) is 14.6 Å². The summed E-state index contributed by atoms with van der Waals surface area (Å²) in [6, 6.07) is 11.3. The summed E-state index contributed by atoms with van der Waals surface area (Å²) >= 11 is 3.45. The molecule has 2 aromatic carbocycles. The number of aromatic carboxylic acids is 1. The molecular weight excluding hydrogens is 388 g/mol. The van der Waals surface area contributed by atoms with E-state index in [0.717, 1.165) is 10.0 Å². The van der Waals surface area contributed by atoms with Crippen molar-refractivity contribution >= 4 is 27.9 Å². The van der Waals surface area contributed by atoms with Gasteiger partial charge in [0.2, 0.25) is 0 Å². The summed E-state index contributed by atoms with van der Waals surface area (Å²) in [5.74, 6) is -0.799. The first-order valence-corrected chi connectivity index (χ1v) is 8.43. The summed E-state index contributed by atoms with van der Waals surface area (Å²) in [6.45, 7) is 6.08. The zero-order chi connectivity index (χ0) is 18.6. The Morgan fingerprint density at radius 3 is 2.24 bits per heavy atom. The van der Waals surface area contributed by atoms with Gasteiger partial charge in [0.25, 0.3) is 0 Å². The maximum absolute atomic E-state index is 11.9. The van der Waals surface area contributed by atoms with E-state index in [-0.39, 0.29) is 23.3 Å². The van der Waals surface area contributed by atoms with Gasteiger partial charge in [-0.2, -0.15) is 0 Å². The molecule has 0 saturated carbocycles. The molecule has 2 aromatic rings. The van der Waals surface area contributed by atoms with Crippen LogP contribution in [0.15, 0.2) is 46.9 Å². The summed E-state index contributed by atoms with van der Waals surface area (Å²) in [5.41, 5.74) is 1.29. The third kappa shape index (κ3) is 5.32. The minimum Gasteiger partial charge on any atom is -0.481 e. The van der Waals surface area contributed by atoms with Crippen molar-refractivity contribution in [3.8, 4) is 11.5 Å². The molecule has 132 valence electrons. The fourth-order valence-corrected chi connectivity index (χ4v) is 2.54. The van der Waals surface area contributed by atoms with Gasteiger partial charge in [0, 0.05) is 0 Å². The van der Waals surface area contributed by atoms with Gasteiger partial charge in [-0.25, -0.2) is 9.59 Å². The van der Waals surface area contributed by atoms with Gasteiger partial charge in [0.1, 0.15) is 11.5 Å². The van der Waals surface area contributed by atoms with Crippen molar-refractivity contribution in [2.24, 2.45) is 0 Å². The van der Waals surface area contributed by atoms with Crippen LogP contribution in [0.25, 0.3) is 0 Å². The van der Waals surface area contributed by atoms with Crippen molar-refractivity contribution in [2.75, 3.05) is 6.61 Å². The number of carboxylic acids is 1. The molecule has 0 unspecified atom stereocenters. The van der Waals surface area contributed by atoms with Gasteiger partial charge in [0.05, 0.1) is 10.0 Å². The van der Waals surface area contributed by atoms with Crippen LogP contribution in [0.5, 0.6) is 11.5 Å². The topological polar surface area (TPSA) is 72.8 Å². The Kier molecular flexibility index (Phi) is 5.85. The van der Waals surface area contributed by atoms with Gasteiger partial charge in [0.15, 0.2) is 6.61 Å². The van der Waals surface area contributed by atoms with E-state index in [1.807, 2.05) is 12.1 Å². The number of esters is 1. The normalized spacial score (nSPS) is 11.0. The van der Waals surface area contributed by atoms with Crippen LogP contribution in [0.1, 0.15) is 36.7 Å². The molecule has 0 aliphatic carbocycles. The molecule has 5 nitrogen and oxygen atoms in total. The Hall–Kier alpha value is -2.34. The third-order valence-corrected chi connectivity index (χ3v) is 4.10. The number of hydrogen-bond donors (Lipinski definition) is 1. The Balaban J connectivity index is 1.94. The zero-order valence-corrected chi connectivity index (χ0v) is 15.8. The molecule has 0 radical (unpaired) electrons. The number of benzene rings is 2. The molecule has 0 aliphatic heterocycles. The molecule has 0 spiro atoms. The summed E-state index contributed by atoms with van der Waals surface area (Å²) in [7, 11) is 0. The molecule has 0 amide bonds. The highest BCUT2D eigenvalue weighted by molar-refractivity contribution is 9.10. The lowest BCUT2D eigenvalue weighted by atomic mass is 9.87. The van der Waals surface area contributed by atoms with Crippen molar-refractivity contribution in [2.45, 2.75) is 26.2 Å². The van der Waals surface area contributed by atoms with E-state index in [2.05, 4.69) is 36.7 Å². The zero-order valence-electron chi connectivity index (χ0n) is 14.2. The summed E-state index contributed by atoms with van der Waals surface area (Å²) in [4.78, 5) is 22.6. The van der Waals surface area contributed by atoms with E-state index >= 15 is 0 Å². The van der Waals surface area contributed by atoms with Gasteiger partial charge in [-0.05, 0) is 63.3 Å². The highest BCUT2D eigenvalue weighted by Gasteiger charge is 2.16. The SMILES string of the molecule is CC(C)(C)c1ccc(OCC(=O)Oc2ccc(C(=O)O)cc2)c(Br)c1. The van der Waals surface area contributed by atoms with E-state index < -0.39 is 11.9 Å². The summed E-state index contributed by atoms with van der Waals surface area (Å²) in [5, 5.41) is 8.83. The molecule has 0 heterocycles. The van der Waals surface area contributed by atoms with Crippen LogP contribution < -0.4 is 9.47 Å². The number of carbonyl (C=O) groups is 2. The summed E-state index contributed by atoms with van der Waals surface area (Å²) < 4.78 is 11.4. The fourth-order valence-electron chi connectivity index (χ4n) is 2.05. The van der Waals surface area contributed by atoms with Gasteiger partial charge < -0.3 is 14.6 Å². The first kappa shape index (κ1) is 19.0. The van der Waals surface area contributed by atoms with E-state index in [0.29, 0.717) is 5.75 Å². The molecule has 6 heteroatoms. The van der Waals surface area contributed by atoms with Crippen molar-refractivity contribution in [3.63, 3.8) is 0 Å². The highest BCUT2D eigenvalue weighted by Crippen LogP contribution is 2.31. The van der Waals surface area contributed by atoms with E-state index in [1.165, 1.54) is 24.3 Å². The predicted octanol–water partition coefficient (Wildman–Crippen LogP) is 4.43. The van der Waals surface area contributed by atoms with Crippen LogP contribution in [0.4, 0.5) is 0 Å². The van der Waals surface area contributed by atoms with Gasteiger partial charge in [-0.1, -0.05) is 26.8 Å². The van der Waals surface area contributed by atoms with E-state index in [9.17, 15) is 9.59 Å². The number of carbonyl (C=O) groups excluding carboxylic acids is 1. The Bertz CT molecular complexity index is 775. The minimum atomic E-state index is -1.04. The van der Waals surface area contributed by atoms with Crippen LogP contribution >= 0.6 is 15.9 Å². The van der Waals surface area contributed by atoms with Crippen LogP contribution in [0.2, 0.25) is 0 Å². The fraction of sp³-hybridized carbons (Fsp3) is 0.263.